The first kappa shape index (κ1) is 24.6. The summed E-state index contributed by atoms with van der Waals surface area (Å²) < 4.78 is 12.1. The van der Waals surface area contributed by atoms with Crippen molar-refractivity contribution in [1.29, 1.82) is 0 Å². The van der Waals surface area contributed by atoms with Gasteiger partial charge in [0.2, 0.25) is 0 Å². The van der Waals surface area contributed by atoms with E-state index < -0.39 is 11.8 Å². The molecule has 2 amide bonds. The number of hydrogen-bond donors (Lipinski definition) is 3. The number of hydrazine groups is 1. The molecule has 166 valence electrons. The maximum absolute atomic E-state index is 12.5. The molecule has 0 unspecified atom stereocenters. The van der Waals surface area contributed by atoms with Crippen LogP contribution in [0.3, 0.4) is 0 Å². The Kier molecular flexibility index (Phi) is 10.3. The second kappa shape index (κ2) is 12.9. The number of para-hydroxylation sites is 1. The largest absolute Gasteiger partial charge is 0.493 e. The van der Waals surface area contributed by atoms with Gasteiger partial charge < -0.3 is 9.47 Å². The average molecular weight is 508 g/mol. The Labute approximate surface area is 196 Å². The lowest BCUT2D eigenvalue weighted by atomic mass is 10.2. The number of halogens is 1. The minimum absolute atomic E-state index is 0.0426. The van der Waals surface area contributed by atoms with E-state index in [1.807, 2.05) is 19.1 Å². The van der Waals surface area contributed by atoms with Crippen LogP contribution in [-0.2, 0) is 4.79 Å². The summed E-state index contributed by atoms with van der Waals surface area (Å²) in [5.41, 5.74) is 6.15. The molecule has 0 aliphatic heterocycles. The van der Waals surface area contributed by atoms with Crippen molar-refractivity contribution in [2.45, 2.75) is 33.1 Å². The zero-order valence-electron chi connectivity index (χ0n) is 17.5. The van der Waals surface area contributed by atoms with Crippen LogP contribution < -0.4 is 25.6 Å². The number of rotatable bonds is 9. The summed E-state index contributed by atoms with van der Waals surface area (Å²) in [4.78, 5) is 24.5. The Hall–Kier alpha value is -2.65. The van der Waals surface area contributed by atoms with Gasteiger partial charge in [-0.2, -0.15) is 0 Å². The number of carbonyl (C=O) groups is 2. The first-order chi connectivity index (χ1) is 14.9. The van der Waals surface area contributed by atoms with Crippen molar-refractivity contribution >= 4 is 45.1 Å². The highest BCUT2D eigenvalue weighted by Crippen LogP contribution is 2.22. The first-order valence-corrected chi connectivity index (χ1v) is 11.1. The molecule has 0 bridgehead atoms. The van der Waals surface area contributed by atoms with Crippen LogP contribution in [0.1, 0.15) is 42.1 Å². The number of unbranched alkanes of at least 4 members (excludes halogenated alkanes) is 2. The smallest absolute Gasteiger partial charge is 0.276 e. The van der Waals surface area contributed by atoms with Crippen molar-refractivity contribution < 1.29 is 19.1 Å². The lowest BCUT2D eigenvalue weighted by Gasteiger charge is -2.14. The third-order valence-electron chi connectivity index (χ3n) is 4.18. The number of nitrogens with one attached hydrogen (secondary N) is 3. The third-order valence-corrected chi connectivity index (χ3v) is 4.87. The molecule has 31 heavy (non-hydrogen) atoms. The van der Waals surface area contributed by atoms with E-state index in [4.69, 9.17) is 21.7 Å². The lowest BCUT2D eigenvalue weighted by Crippen LogP contribution is -2.49. The fourth-order valence-corrected chi connectivity index (χ4v) is 3.22. The summed E-state index contributed by atoms with van der Waals surface area (Å²) in [7, 11) is 0. The quantitative estimate of drug-likeness (QED) is 0.269. The molecule has 0 saturated heterocycles. The molecule has 0 spiro atoms. The van der Waals surface area contributed by atoms with Gasteiger partial charge in [-0.1, -0.05) is 47.8 Å². The Morgan fingerprint density at radius 3 is 2.55 bits per heavy atom. The number of ether oxygens (including phenoxy) is 2. The monoisotopic (exact) mass is 507 g/mol. The van der Waals surface area contributed by atoms with Crippen LogP contribution in [0.25, 0.3) is 0 Å². The Balaban J connectivity index is 1.79. The molecule has 9 heteroatoms. The predicted octanol–water partition coefficient (Wildman–Crippen LogP) is 4.04. The molecule has 0 fully saturated rings. The number of benzene rings is 2. The number of hydrogen-bond acceptors (Lipinski definition) is 5. The number of thiocarbonyl (C=S) groups is 1. The van der Waals surface area contributed by atoms with E-state index >= 15 is 0 Å². The Morgan fingerprint density at radius 1 is 1.03 bits per heavy atom. The minimum Gasteiger partial charge on any atom is -0.493 e. The average Bonchev–Trinajstić information content (AvgIpc) is 2.75. The maximum Gasteiger partial charge on any atom is 0.276 e. The minimum atomic E-state index is -0.446. The molecular weight excluding hydrogens is 482 g/mol. The van der Waals surface area contributed by atoms with Crippen LogP contribution in [0.2, 0.25) is 0 Å². The van der Waals surface area contributed by atoms with Gasteiger partial charge in [-0.05, 0) is 61.5 Å². The summed E-state index contributed by atoms with van der Waals surface area (Å²) in [6.07, 6.45) is 3.07. The number of amides is 2. The van der Waals surface area contributed by atoms with Crippen LogP contribution in [0.5, 0.6) is 11.5 Å². The van der Waals surface area contributed by atoms with Gasteiger partial charge in [-0.15, -0.1) is 0 Å². The van der Waals surface area contributed by atoms with Gasteiger partial charge in [0, 0.05) is 4.47 Å². The number of carbonyl (C=O) groups excluding carboxylic acids is 2. The fourth-order valence-electron chi connectivity index (χ4n) is 2.60. The third kappa shape index (κ3) is 8.55. The molecule has 0 atom stereocenters. The molecule has 2 aromatic carbocycles. The second-order valence-corrected chi connectivity index (χ2v) is 8.03. The molecule has 7 nitrogen and oxygen atoms in total. The van der Waals surface area contributed by atoms with Crippen LogP contribution in [0.4, 0.5) is 0 Å². The van der Waals surface area contributed by atoms with Gasteiger partial charge in [0.05, 0.1) is 12.2 Å². The zero-order chi connectivity index (χ0) is 22.6. The van der Waals surface area contributed by atoms with Crippen LogP contribution in [-0.4, -0.2) is 30.1 Å². The highest BCUT2D eigenvalue weighted by Gasteiger charge is 2.14. The molecule has 2 rings (SSSR count). The predicted molar refractivity (Wildman–Crippen MR) is 127 cm³/mol. The SMILES string of the molecule is CCCCCOc1ccccc1C(=O)NC(=S)NNC(=O)COc1ccc(Br)cc1C. The van der Waals surface area contributed by atoms with E-state index in [9.17, 15) is 9.59 Å². The number of aryl methyl sites for hydroxylation is 1. The van der Waals surface area contributed by atoms with Crippen LogP contribution in [0.15, 0.2) is 46.9 Å². The summed E-state index contributed by atoms with van der Waals surface area (Å²) in [6, 6.07) is 12.4. The van der Waals surface area contributed by atoms with Gasteiger partial charge in [0.25, 0.3) is 11.8 Å². The van der Waals surface area contributed by atoms with Crippen molar-refractivity contribution in [3.8, 4) is 11.5 Å². The van der Waals surface area contributed by atoms with Crippen molar-refractivity contribution in [2.24, 2.45) is 0 Å². The Bertz CT molecular complexity index is 923. The molecule has 2 aromatic rings. The zero-order valence-corrected chi connectivity index (χ0v) is 19.9. The van der Waals surface area contributed by atoms with Crippen molar-refractivity contribution in [3.63, 3.8) is 0 Å². The standard InChI is InChI=1S/C22H26BrN3O4S/c1-3-4-7-12-29-19-9-6-5-8-17(19)21(28)24-22(31)26-25-20(27)14-30-18-11-10-16(23)13-15(18)2/h5-6,8-11,13H,3-4,7,12,14H2,1-2H3,(H,25,27)(H2,24,26,28,31). The highest BCUT2D eigenvalue weighted by molar-refractivity contribution is 9.10. The van der Waals surface area contributed by atoms with Gasteiger partial charge in [-0.3, -0.25) is 25.8 Å². The summed E-state index contributed by atoms with van der Waals surface area (Å²) in [5, 5.41) is 2.48. The molecule has 0 radical (unpaired) electrons. The van der Waals surface area contributed by atoms with Crippen molar-refractivity contribution in [1.82, 2.24) is 16.2 Å². The molecule has 0 heterocycles. The molecule has 0 aliphatic carbocycles. The van der Waals surface area contributed by atoms with Crippen molar-refractivity contribution in [3.05, 3.63) is 58.1 Å². The second-order valence-electron chi connectivity index (χ2n) is 6.71. The maximum atomic E-state index is 12.5. The van der Waals surface area contributed by atoms with E-state index in [2.05, 4.69) is 39.0 Å². The van der Waals surface area contributed by atoms with Crippen LogP contribution >= 0.6 is 28.1 Å². The summed E-state index contributed by atoms with van der Waals surface area (Å²) in [5.74, 6) is 0.212. The first-order valence-electron chi connectivity index (χ1n) is 9.91. The molecule has 0 aliphatic rings. The van der Waals surface area contributed by atoms with E-state index in [0.717, 1.165) is 29.3 Å². The molecule has 0 aromatic heterocycles. The van der Waals surface area contributed by atoms with E-state index in [0.29, 0.717) is 23.7 Å². The van der Waals surface area contributed by atoms with E-state index in [1.54, 1.807) is 30.3 Å². The normalized spacial score (nSPS) is 10.2. The summed E-state index contributed by atoms with van der Waals surface area (Å²) in [6.45, 7) is 4.32. The van der Waals surface area contributed by atoms with Gasteiger partial charge in [0.1, 0.15) is 11.5 Å². The highest BCUT2D eigenvalue weighted by atomic mass is 79.9. The van der Waals surface area contributed by atoms with E-state index in [-0.39, 0.29) is 11.7 Å². The van der Waals surface area contributed by atoms with Crippen molar-refractivity contribution in [2.75, 3.05) is 13.2 Å². The van der Waals surface area contributed by atoms with Gasteiger partial charge in [-0.25, -0.2) is 0 Å². The molecule has 0 saturated carbocycles. The fraction of sp³-hybridized carbons (Fsp3) is 0.318. The lowest BCUT2D eigenvalue weighted by molar-refractivity contribution is -0.123. The van der Waals surface area contributed by atoms with E-state index in [1.165, 1.54) is 0 Å². The molecular formula is C22H26BrN3O4S. The van der Waals surface area contributed by atoms with Crippen LogP contribution in [0, 0.1) is 6.92 Å². The van der Waals surface area contributed by atoms with Gasteiger partial charge in [0.15, 0.2) is 11.7 Å². The molecule has 3 N–H and O–H groups in total. The summed E-state index contributed by atoms with van der Waals surface area (Å²) >= 11 is 8.46. The topological polar surface area (TPSA) is 88.7 Å². The Morgan fingerprint density at radius 2 is 1.81 bits per heavy atom. The van der Waals surface area contributed by atoms with Gasteiger partial charge >= 0.3 is 0 Å².